The highest BCUT2D eigenvalue weighted by atomic mass is 16.2. The largest absolute Gasteiger partial charge is 0.338 e. The standard InChI is InChI=1S/C14H16N4O2/c19-13-11(4-1-6-15-13)14(20)18-8-2-3-10(9-18)12-5-7-16-17-12/h1,4-7,10H,2-3,8-9H2,(H,15,19)(H,16,17)/t10-/m0/s1. The molecule has 1 aliphatic rings. The average Bonchev–Trinajstić information content (AvgIpc) is 3.01. The summed E-state index contributed by atoms with van der Waals surface area (Å²) in [7, 11) is 0. The Morgan fingerprint density at radius 1 is 1.40 bits per heavy atom. The fourth-order valence-electron chi connectivity index (χ4n) is 2.67. The number of aromatic nitrogens is 3. The molecule has 6 nitrogen and oxygen atoms in total. The van der Waals surface area contributed by atoms with Gasteiger partial charge >= 0.3 is 0 Å². The van der Waals surface area contributed by atoms with Crippen LogP contribution < -0.4 is 5.56 Å². The SMILES string of the molecule is O=C(c1ccc[nH]c1=O)N1CCC[C@H](c2ccn[nH]2)C1. The molecule has 2 aromatic rings. The number of aromatic amines is 2. The minimum absolute atomic E-state index is 0.198. The van der Waals surface area contributed by atoms with E-state index in [9.17, 15) is 9.59 Å². The molecule has 0 aliphatic carbocycles. The average molecular weight is 272 g/mol. The molecule has 1 amide bonds. The lowest BCUT2D eigenvalue weighted by molar-refractivity contribution is 0.0704. The Kier molecular flexibility index (Phi) is 3.37. The Labute approximate surface area is 115 Å². The van der Waals surface area contributed by atoms with E-state index in [-0.39, 0.29) is 22.9 Å². The summed E-state index contributed by atoms with van der Waals surface area (Å²) >= 11 is 0. The van der Waals surface area contributed by atoms with Crippen molar-refractivity contribution in [2.45, 2.75) is 18.8 Å². The molecular formula is C14H16N4O2. The number of piperidine rings is 1. The lowest BCUT2D eigenvalue weighted by Gasteiger charge is -2.32. The predicted molar refractivity (Wildman–Crippen MR) is 73.5 cm³/mol. The second-order valence-electron chi connectivity index (χ2n) is 5.02. The highest BCUT2D eigenvalue weighted by Gasteiger charge is 2.27. The molecule has 3 rings (SSSR count). The summed E-state index contributed by atoms with van der Waals surface area (Å²) in [6, 6.07) is 5.18. The lowest BCUT2D eigenvalue weighted by Crippen LogP contribution is -2.41. The van der Waals surface area contributed by atoms with Crippen molar-refractivity contribution in [2.75, 3.05) is 13.1 Å². The van der Waals surface area contributed by atoms with Crippen LogP contribution in [0.4, 0.5) is 0 Å². The van der Waals surface area contributed by atoms with E-state index in [4.69, 9.17) is 0 Å². The highest BCUT2D eigenvalue weighted by molar-refractivity contribution is 5.93. The number of nitrogens with one attached hydrogen (secondary N) is 2. The highest BCUT2D eigenvalue weighted by Crippen LogP contribution is 2.25. The molecule has 0 aromatic carbocycles. The Hall–Kier alpha value is -2.37. The number of pyridine rings is 1. The monoisotopic (exact) mass is 272 g/mol. The topological polar surface area (TPSA) is 81.8 Å². The molecule has 3 heterocycles. The molecule has 2 N–H and O–H groups in total. The molecule has 1 fully saturated rings. The number of hydrogen-bond acceptors (Lipinski definition) is 3. The van der Waals surface area contributed by atoms with Crippen molar-refractivity contribution in [1.82, 2.24) is 20.1 Å². The summed E-state index contributed by atoms with van der Waals surface area (Å²) in [4.78, 5) is 28.4. The summed E-state index contributed by atoms with van der Waals surface area (Å²) in [6.45, 7) is 1.31. The van der Waals surface area contributed by atoms with Crippen LogP contribution in [0.3, 0.4) is 0 Å². The van der Waals surface area contributed by atoms with Crippen LogP contribution in [-0.2, 0) is 0 Å². The summed E-state index contributed by atoms with van der Waals surface area (Å²) in [5, 5.41) is 6.92. The normalized spacial score (nSPS) is 19.0. The molecule has 104 valence electrons. The Morgan fingerprint density at radius 3 is 3.05 bits per heavy atom. The van der Waals surface area contributed by atoms with Crippen molar-refractivity contribution >= 4 is 5.91 Å². The van der Waals surface area contributed by atoms with E-state index in [1.165, 1.54) is 6.20 Å². The van der Waals surface area contributed by atoms with Gasteiger partial charge in [-0.05, 0) is 31.0 Å². The zero-order valence-electron chi connectivity index (χ0n) is 11.0. The zero-order valence-corrected chi connectivity index (χ0v) is 11.0. The molecule has 0 radical (unpaired) electrons. The minimum Gasteiger partial charge on any atom is -0.338 e. The van der Waals surface area contributed by atoms with Gasteiger partial charge < -0.3 is 9.88 Å². The van der Waals surface area contributed by atoms with E-state index in [0.29, 0.717) is 13.1 Å². The summed E-state index contributed by atoms with van der Waals surface area (Å²) in [5.41, 5.74) is 0.920. The van der Waals surface area contributed by atoms with Crippen molar-refractivity contribution in [1.29, 1.82) is 0 Å². The smallest absolute Gasteiger partial charge is 0.260 e. The van der Waals surface area contributed by atoms with Gasteiger partial charge in [-0.2, -0.15) is 5.10 Å². The number of H-pyrrole nitrogens is 2. The number of rotatable bonds is 2. The van der Waals surface area contributed by atoms with Gasteiger partial charge in [-0.15, -0.1) is 0 Å². The first-order chi connectivity index (χ1) is 9.75. The number of likely N-dealkylation sites (tertiary alicyclic amines) is 1. The van der Waals surface area contributed by atoms with Crippen LogP contribution in [0.25, 0.3) is 0 Å². The lowest BCUT2D eigenvalue weighted by atomic mass is 9.94. The molecule has 1 saturated heterocycles. The first-order valence-corrected chi connectivity index (χ1v) is 6.72. The summed E-state index contributed by atoms with van der Waals surface area (Å²) < 4.78 is 0. The second-order valence-corrected chi connectivity index (χ2v) is 5.02. The van der Waals surface area contributed by atoms with Crippen LogP contribution in [0.15, 0.2) is 35.4 Å². The number of carbonyl (C=O) groups is 1. The summed E-state index contributed by atoms with van der Waals surface area (Å²) in [5.74, 6) is 0.0639. The molecule has 0 bridgehead atoms. The van der Waals surface area contributed by atoms with Gasteiger partial charge in [0.1, 0.15) is 5.56 Å². The summed E-state index contributed by atoms with van der Waals surface area (Å²) in [6.07, 6.45) is 5.21. The predicted octanol–water partition coefficient (Wildman–Crippen LogP) is 1.12. The van der Waals surface area contributed by atoms with Gasteiger partial charge in [0, 0.05) is 37.1 Å². The Balaban J connectivity index is 1.79. The van der Waals surface area contributed by atoms with Crippen molar-refractivity contribution in [2.24, 2.45) is 0 Å². The van der Waals surface area contributed by atoms with Gasteiger partial charge in [0.2, 0.25) is 0 Å². The van der Waals surface area contributed by atoms with Crippen LogP contribution in [0, 0.1) is 0 Å². The molecule has 20 heavy (non-hydrogen) atoms. The molecule has 2 aromatic heterocycles. The van der Waals surface area contributed by atoms with Crippen molar-refractivity contribution in [3.05, 3.63) is 52.2 Å². The van der Waals surface area contributed by atoms with Crippen molar-refractivity contribution in [3.63, 3.8) is 0 Å². The number of hydrogen-bond donors (Lipinski definition) is 2. The third-order valence-corrected chi connectivity index (χ3v) is 3.72. The molecule has 1 atom stereocenters. The fraction of sp³-hybridized carbons (Fsp3) is 0.357. The number of carbonyl (C=O) groups excluding carboxylic acids is 1. The molecule has 0 saturated carbocycles. The van der Waals surface area contributed by atoms with Gasteiger partial charge in [-0.3, -0.25) is 14.7 Å². The second kappa shape index (κ2) is 5.32. The van der Waals surface area contributed by atoms with Crippen molar-refractivity contribution in [3.8, 4) is 0 Å². The maximum Gasteiger partial charge on any atom is 0.260 e. The molecule has 1 aliphatic heterocycles. The number of nitrogens with zero attached hydrogens (tertiary/aromatic N) is 2. The fourth-order valence-corrected chi connectivity index (χ4v) is 2.67. The van der Waals surface area contributed by atoms with Crippen LogP contribution in [-0.4, -0.2) is 39.1 Å². The van der Waals surface area contributed by atoms with E-state index >= 15 is 0 Å². The van der Waals surface area contributed by atoms with Gasteiger partial charge in [-0.1, -0.05) is 0 Å². The Morgan fingerprint density at radius 2 is 2.30 bits per heavy atom. The van der Waals surface area contributed by atoms with E-state index in [1.807, 2.05) is 6.07 Å². The van der Waals surface area contributed by atoms with E-state index in [1.54, 1.807) is 23.2 Å². The number of amides is 1. The van der Waals surface area contributed by atoms with Crippen LogP contribution in [0.2, 0.25) is 0 Å². The maximum atomic E-state index is 12.4. The zero-order chi connectivity index (χ0) is 13.9. The van der Waals surface area contributed by atoms with E-state index in [2.05, 4.69) is 15.2 Å². The van der Waals surface area contributed by atoms with Gasteiger partial charge in [0.05, 0.1) is 0 Å². The van der Waals surface area contributed by atoms with Gasteiger partial charge in [0.15, 0.2) is 0 Å². The molecule has 6 heteroatoms. The quantitative estimate of drug-likeness (QED) is 0.859. The van der Waals surface area contributed by atoms with Gasteiger partial charge in [-0.25, -0.2) is 0 Å². The van der Waals surface area contributed by atoms with E-state index < -0.39 is 0 Å². The minimum atomic E-state index is -0.332. The third kappa shape index (κ3) is 2.36. The first-order valence-electron chi connectivity index (χ1n) is 6.72. The Bertz CT molecular complexity index is 647. The van der Waals surface area contributed by atoms with Gasteiger partial charge in [0.25, 0.3) is 11.5 Å². The molecular weight excluding hydrogens is 256 g/mol. The first kappa shape index (κ1) is 12.7. The molecule has 0 unspecified atom stereocenters. The van der Waals surface area contributed by atoms with Crippen LogP contribution in [0.5, 0.6) is 0 Å². The van der Waals surface area contributed by atoms with Crippen LogP contribution in [0.1, 0.15) is 34.8 Å². The van der Waals surface area contributed by atoms with Crippen LogP contribution >= 0.6 is 0 Å². The maximum absolute atomic E-state index is 12.4. The van der Waals surface area contributed by atoms with Crippen molar-refractivity contribution < 1.29 is 4.79 Å². The third-order valence-electron chi connectivity index (χ3n) is 3.72. The van der Waals surface area contributed by atoms with E-state index in [0.717, 1.165) is 18.5 Å². The molecule has 0 spiro atoms.